The average Bonchev–Trinajstić information content (AvgIpc) is 2.68. The van der Waals surface area contributed by atoms with Crippen LogP contribution in [0, 0.1) is 0 Å². The molecule has 0 saturated heterocycles. The van der Waals surface area contributed by atoms with Gasteiger partial charge in [-0.15, -0.1) is 0 Å². The molecule has 1 amide bonds. The number of aromatic amines is 1. The molecule has 0 unspecified atom stereocenters. The van der Waals surface area contributed by atoms with Crippen LogP contribution in [-0.2, 0) is 4.74 Å². The number of H-pyrrole nitrogens is 1. The van der Waals surface area contributed by atoms with Gasteiger partial charge in [0.15, 0.2) is 0 Å². The minimum absolute atomic E-state index is 0.204. The van der Waals surface area contributed by atoms with E-state index in [4.69, 9.17) is 4.74 Å². The van der Waals surface area contributed by atoms with Gasteiger partial charge in [0, 0.05) is 18.5 Å². The number of anilines is 1. The Labute approximate surface area is 114 Å². The smallest absolute Gasteiger partial charge is 0.413 e. The zero-order chi connectivity index (χ0) is 14.8. The van der Waals surface area contributed by atoms with E-state index < -0.39 is 11.7 Å². The lowest BCUT2D eigenvalue weighted by molar-refractivity contribution is 0.0635. The van der Waals surface area contributed by atoms with Crippen LogP contribution in [0.4, 0.5) is 10.6 Å². The lowest BCUT2D eigenvalue weighted by Gasteiger charge is -2.19. The van der Waals surface area contributed by atoms with E-state index >= 15 is 0 Å². The number of amides is 1. The number of hydrogen-bond acceptors (Lipinski definition) is 5. The number of ether oxygens (including phenoxy) is 1. The molecule has 0 atom stereocenters. The number of carbonyl (C=O) groups is 1. The van der Waals surface area contributed by atoms with E-state index in [1.165, 1.54) is 23.1 Å². The van der Waals surface area contributed by atoms with E-state index in [0.717, 1.165) is 0 Å². The van der Waals surface area contributed by atoms with E-state index in [0.29, 0.717) is 0 Å². The standard InChI is InChI=1S/C12H15N5O3/c1-12(2,3)20-11(19)15-8-7-9(18)16-17(8)10-13-5-4-6-14-10/h4-7H,1-3H3,(H,15,19)(H,16,18). The molecule has 106 valence electrons. The molecule has 0 radical (unpaired) electrons. The zero-order valence-electron chi connectivity index (χ0n) is 11.4. The van der Waals surface area contributed by atoms with Crippen molar-refractivity contribution in [2.75, 3.05) is 5.32 Å². The summed E-state index contributed by atoms with van der Waals surface area (Å²) in [7, 11) is 0. The molecule has 2 aromatic rings. The van der Waals surface area contributed by atoms with Gasteiger partial charge in [0.1, 0.15) is 11.4 Å². The molecule has 2 heterocycles. The van der Waals surface area contributed by atoms with Crippen molar-refractivity contribution in [1.82, 2.24) is 19.7 Å². The van der Waals surface area contributed by atoms with Gasteiger partial charge in [-0.05, 0) is 26.8 Å². The maximum absolute atomic E-state index is 11.7. The molecule has 0 saturated carbocycles. The van der Waals surface area contributed by atoms with Crippen molar-refractivity contribution in [3.05, 3.63) is 34.9 Å². The quantitative estimate of drug-likeness (QED) is 0.861. The number of rotatable bonds is 2. The van der Waals surface area contributed by atoms with Crippen LogP contribution in [0.1, 0.15) is 20.8 Å². The van der Waals surface area contributed by atoms with Crippen LogP contribution in [0.3, 0.4) is 0 Å². The van der Waals surface area contributed by atoms with Crippen LogP contribution in [-0.4, -0.2) is 31.4 Å². The fourth-order valence-electron chi connectivity index (χ4n) is 1.46. The summed E-state index contributed by atoms with van der Waals surface area (Å²) >= 11 is 0. The van der Waals surface area contributed by atoms with E-state index in [2.05, 4.69) is 20.4 Å². The third-order valence-corrected chi connectivity index (χ3v) is 2.11. The number of nitrogens with one attached hydrogen (secondary N) is 2. The highest BCUT2D eigenvalue weighted by Crippen LogP contribution is 2.12. The Morgan fingerprint density at radius 1 is 1.35 bits per heavy atom. The van der Waals surface area contributed by atoms with Crippen molar-refractivity contribution in [2.45, 2.75) is 26.4 Å². The summed E-state index contributed by atoms with van der Waals surface area (Å²) in [6, 6.07) is 2.87. The van der Waals surface area contributed by atoms with Gasteiger partial charge in [0.25, 0.3) is 11.5 Å². The second-order valence-corrected chi connectivity index (χ2v) is 5.02. The Bertz CT molecular complexity index is 654. The summed E-state index contributed by atoms with van der Waals surface area (Å²) in [6.45, 7) is 5.24. The van der Waals surface area contributed by atoms with Crippen molar-refractivity contribution < 1.29 is 9.53 Å². The van der Waals surface area contributed by atoms with Crippen LogP contribution in [0.25, 0.3) is 5.95 Å². The van der Waals surface area contributed by atoms with Gasteiger partial charge in [0.2, 0.25) is 0 Å². The Hall–Kier alpha value is -2.64. The highest BCUT2D eigenvalue weighted by molar-refractivity contribution is 5.83. The number of carbonyl (C=O) groups excluding carboxylic acids is 1. The molecule has 8 nitrogen and oxygen atoms in total. The summed E-state index contributed by atoms with van der Waals surface area (Å²) in [5.41, 5.74) is -1.02. The first kappa shape index (κ1) is 13.8. The molecule has 0 aromatic carbocycles. The van der Waals surface area contributed by atoms with Gasteiger partial charge < -0.3 is 4.74 Å². The minimum atomic E-state index is -0.666. The second-order valence-electron chi connectivity index (χ2n) is 5.02. The van der Waals surface area contributed by atoms with Gasteiger partial charge in [-0.2, -0.15) is 0 Å². The first-order chi connectivity index (χ1) is 9.35. The monoisotopic (exact) mass is 277 g/mol. The molecule has 2 N–H and O–H groups in total. The van der Waals surface area contributed by atoms with Crippen LogP contribution < -0.4 is 10.9 Å². The van der Waals surface area contributed by atoms with Crippen molar-refractivity contribution in [3.63, 3.8) is 0 Å². The molecule has 0 aliphatic rings. The van der Waals surface area contributed by atoms with Crippen LogP contribution >= 0.6 is 0 Å². The minimum Gasteiger partial charge on any atom is -0.444 e. The van der Waals surface area contributed by atoms with Gasteiger partial charge in [-0.3, -0.25) is 15.2 Å². The highest BCUT2D eigenvalue weighted by Gasteiger charge is 2.18. The van der Waals surface area contributed by atoms with E-state index in [-0.39, 0.29) is 17.3 Å². The Morgan fingerprint density at radius 2 is 2.00 bits per heavy atom. The predicted molar refractivity (Wildman–Crippen MR) is 71.8 cm³/mol. The molecular weight excluding hydrogens is 262 g/mol. The predicted octanol–water partition coefficient (Wildman–Crippen LogP) is 1.30. The van der Waals surface area contributed by atoms with Gasteiger partial charge in [-0.25, -0.2) is 19.4 Å². The Balaban J connectivity index is 2.25. The Kier molecular flexibility index (Phi) is 3.55. The third-order valence-electron chi connectivity index (χ3n) is 2.11. The van der Waals surface area contributed by atoms with Crippen molar-refractivity contribution in [2.24, 2.45) is 0 Å². The summed E-state index contributed by atoms with van der Waals surface area (Å²) in [5.74, 6) is 0.441. The van der Waals surface area contributed by atoms with Crippen LogP contribution in [0.5, 0.6) is 0 Å². The molecule has 2 rings (SSSR count). The normalized spacial score (nSPS) is 11.2. The summed E-state index contributed by atoms with van der Waals surface area (Å²) < 4.78 is 6.39. The maximum atomic E-state index is 11.7. The first-order valence-electron chi connectivity index (χ1n) is 5.94. The highest BCUT2D eigenvalue weighted by atomic mass is 16.6. The summed E-state index contributed by atoms with van der Waals surface area (Å²) in [5, 5.41) is 4.97. The maximum Gasteiger partial charge on any atom is 0.413 e. The molecule has 0 fully saturated rings. The van der Waals surface area contributed by atoms with Crippen molar-refractivity contribution in [3.8, 4) is 5.95 Å². The molecule has 0 aliphatic heterocycles. The molecule has 8 heteroatoms. The van der Waals surface area contributed by atoms with Crippen molar-refractivity contribution >= 4 is 11.9 Å². The third kappa shape index (κ3) is 3.44. The van der Waals surface area contributed by atoms with Gasteiger partial charge >= 0.3 is 6.09 Å². The van der Waals surface area contributed by atoms with E-state index in [1.54, 1.807) is 26.8 Å². The molecular formula is C12H15N5O3. The molecule has 20 heavy (non-hydrogen) atoms. The largest absolute Gasteiger partial charge is 0.444 e. The van der Waals surface area contributed by atoms with Gasteiger partial charge in [0.05, 0.1) is 0 Å². The molecule has 0 spiro atoms. The number of hydrogen-bond donors (Lipinski definition) is 2. The fourth-order valence-corrected chi connectivity index (χ4v) is 1.46. The SMILES string of the molecule is CC(C)(C)OC(=O)Nc1cc(=O)[nH]n1-c1ncccn1. The second kappa shape index (κ2) is 5.16. The topological polar surface area (TPSA) is 102 Å². The van der Waals surface area contributed by atoms with Crippen molar-refractivity contribution in [1.29, 1.82) is 0 Å². The molecule has 2 aromatic heterocycles. The van der Waals surface area contributed by atoms with Crippen LogP contribution in [0.2, 0.25) is 0 Å². The average molecular weight is 277 g/mol. The Morgan fingerprint density at radius 3 is 2.60 bits per heavy atom. The number of nitrogens with zero attached hydrogens (tertiary/aromatic N) is 3. The fraction of sp³-hybridized carbons (Fsp3) is 0.333. The summed E-state index contributed by atoms with van der Waals surface area (Å²) in [6.07, 6.45) is 2.39. The van der Waals surface area contributed by atoms with E-state index in [1.807, 2.05) is 0 Å². The van der Waals surface area contributed by atoms with Gasteiger partial charge in [-0.1, -0.05) is 0 Å². The number of aromatic nitrogens is 4. The van der Waals surface area contributed by atoms with Crippen LogP contribution in [0.15, 0.2) is 29.3 Å². The molecule has 0 bridgehead atoms. The summed E-state index contributed by atoms with van der Waals surface area (Å²) in [4.78, 5) is 31.1. The lowest BCUT2D eigenvalue weighted by Crippen LogP contribution is -2.28. The van der Waals surface area contributed by atoms with E-state index in [9.17, 15) is 9.59 Å². The zero-order valence-corrected chi connectivity index (χ0v) is 11.4. The lowest BCUT2D eigenvalue weighted by atomic mass is 10.2. The first-order valence-corrected chi connectivity index (χ1v) is 5.94. The molecule has 0 aliphatic carbocycles.